The van der Waals surface area contributed by atoms with Gasteiger partial charge in [-0.25, -0.2) is 8.78 Å². The first kappa shape index (κ1) is 10.3. The second kappa shape index (κ2) is 3.72. The average Bonchev–Trinajstić information content (AvgIpc) is 2.49. The molecule has 3 heteroatoms. The van der Waals surface area contributed by atoms with Crippen LogP contribution < -0.4 is 0 Å². The Hall–Kier alpha value is -1.25. The number of halogens is 2. The van der Waals surface area contributed by atoms with Gasteiger partial charge in [-0.2, -0.15) is 0 Å². The molecule has 0 aliphatic heterocycles. The molecule has 0 heterocycles. The van der Waals surface area contributed by atoms with Crippen molar-refractivity contribution in [2.75, 3.05) is 0 Å². The normalized spacial score (nSPS) is 21.0. The highest BCUT2D eigenvalue weighted by molar-refractivity contribution is 5.81. The average molecular weight is 210 g/mol. The minimum absolute atomic E-state index is 0.0893. The second-order valence-electron chi connectivity index (χ2n) is 4.12. The van der Waals surface area contributed by atoms with Crippen LogP contribution in [0.4, 0.5) is 8.78 Å². The first-order valence-electron chi connectivity index (χ1n) is 5.05. The van der Waals surface area contributed by atoms with Crippen molar-refractivity contribution in [3.8, 4) is 0 Å². The summed E-state index contributed by atoms with van der Waals surface area (Å²) in [7, 11) is 0. The van der Waals surface area contributed by atoms with E-state index in [2.05, 4.69) is 0 Å². The van der Waals surface area contributed by atoms with Crippen LogP contribution in [-0.2, 0) is 4.79 Å². The molecule has 0 spiro atoms. The van der Waals surface area contributed by atoms with Crippen molar-refractivity contribution in [2.45, 2.75) is 32.1 Å². The fourth-order valence-electron chi connectivity index (χ4n) is 2.16. The lowest BCUT2D eigenvalue weighted by Crippen LogP contribution is -2.02. The maximum Gasteiger partial charge on any atom is 0.133 e. The number of aryl methyl sites for hydroxylation is 1. The third-order valence-corrected chi connectivity index (χ3v) is 2.88. The molecule has 1 aliphatic rings. The van der Waals surface area contributed by atoms with Crippen molar-refractivity contribution in [3.05, 3.63) is 34.9 Å². The van der Waals surface area contributed by atoms with Crippen LogP contribution >= 0.6 is 0 Å². The van der Waals surface area contributed by atoms with Crippen molar-refractivity contribution in [3.63, 3.8) is 0 Å². The van der Waals surface area contributed by atoms with Gasteiger partial charge in [-0.05, 0) is 37.0 Å². The van der Waals surface area contributed by atoms with Crippen molar-refractivity contribution in [2.24, 2.45) is 0 Å². The summed E-state index contributed by atoms with van der Waals surface area (Å²) in [5.41, 5.74) is 0.657. The van der Waals surface area contributed by atoms with Gasteiger partial charge < -0.3 is 0 Å². The lowest BCUT2D eigenvalue weighted by Gasteiger charge is -2.11. The van der Waals surface area contributed by atoms with E-state index in [1.54, 1.807) is 6.92 Å². The van der Waals surface area contributed by atoms with E-state index in [-0.39, 0.29) is 23.7 Å². The molecule has 1 aliphatic carbocycles. The molecule has 0 radical (unpaired) electrons. The summed E-state index contributed by atoms with van der Waals surface area (Å²) in [6.45, 7) is 1.65. The van der Waals surface area contributed by atoms with E-state index in [1.807, 2.05) is 0 Å². The van der Waals surface area contributed by atoms with Crippen molar-refractivity contribution < 1.29 is 13.6 Å². The zero-order valence-electron chi connectivity index (χ0n) is 8.52. The fourth-order valence-corrected chi connectivity index (χ4v) is 2.16. The largest absolute Gasteiger partial charge is 0.300 e. The Kier molecular flexibility index (Phi) is 2.55. The Morgan fingerprint density at radius 3 is 2.33 bits per heavy atom. The maximum absolute atomic E-state index is 13.5. The fraction of sp³-hybridized carbons (Fsp3) is 0.417. The summed E-state index contributed by atoms with van der Waals surface area (Å²) in [6.07, 6.45) is 1.28. The molecule has 1 atom stereocenters. The van der Waals surface area contributed by atoms with Crippen LogP contribution in [0.1, 0.15) is 36.3 Å². The van der Waals surface area contributed by atoms with Crippen LogP contribution in [-0.4, -0.2) is 5.78 Å². The van der Waals surface area contributed by atoms with Crippen LogP contribution in [0.25, 0.3) is 0 Å². The number of ketones is 1. The number of hydrogen-bond donors (Lipinski definition) is 0. The highest BCUT2D eigenvalue weighted by atomic mass is 19.1. The summed E-state index contributed by atoms with van der Waals surface area (Å²) in [6, 6.07) is 2.64. The monoisotopic (exact) mass is 210 g/mol. The van der Waals surface area contributed by atoms with Crippen LogP contribution in [0.5, 0.6) is 0 Å². The SMILES string of the molecule is Cc1cc(F)c([C@@H]2CCC(=O)C2)c(F)c1. The third kappa shape index (κ3) is 1.91. The van der Waals surface area contributed by atoms with Crippen molar-refractivity contribution >= 4 is 5.78 Å². The Balaban J connectivity index is 2.39. The van der Waals surface area contributed by atoms with Crippen LogP contribution in [0.3, 0.4) is 0 Å². The van der Waals surface area contributed by atoms with Crippen LogP contribution in [0, 0.1) is 18.6 Å². The second-order valence-corrected chi connectivity index (χ2v) is 4.12. The molecule has 0 aromatic heterocycles. The lowest BCUT2D eigenvalue weighted by molar-refractivity contribution is -0.117. The predicted molar refractivity (Wildman–Crippen MR) is 52.7 cm³/mol. The molecule has 1 saturated carbocycles. The molecule has 0 bridgehead atoms. The van der Waals surface area contributed by atoms with Gasteiger partial charge in [0.2, 0.25) is 0 Å². The molecule has 2 rings (SSSR count). The van der Waals surface area contributed by atoms with Gasteiger partial charge in [-0.15, -0.1) is 0 Å². The van der Waals surface area contributed by atoms with E-state index in [9.17, 15) is 13.6 Å². The number of carbonyl (C=O) groups is 1. The first-order chi connectivity index (χ1) is 7.08. The topological polar surface area (TPSA) is 17.1 Å². The molecule has 0 unspecified atom stereocenters. The van der Waals surface area contributed by atoms with Gasteiger partial charge in [0.25, 0.3) is 0 Å². The Labute approximate surface area is 87.1 Å². The van der Waals surface area contributed by atoms with E-state index in [4.69, 9.17) is 0 Å². The van der Waals surface area contributed by atoms with Crippen molar-refractivity contribution in [1.29, 1.82) is 0 Å². The predicted octanol–water partition coefficient (Wildman–Crippen LogP) is 3.11. The third-order valence-electron chi connectivity index (χ3n) is 2.88. The lowest BCUT2D eigenvalue weighted by atomic mass is 9.95. The standard InChI is InChI=1S/C12H12F2O/c1-7-4-10(13)12(11(14)5-7)8-2-3-9(15)6-8/h4-5,8H,2-3,6H2,1H3/t8-/m1/s1. The van der Waals surface area contributed by atoms with E-state index in [0.29, 0.717) is 18.4 Å². The van der Waals surface area contributed by atoms with Crippen molar-refractivity contribution in [1.82, 2.24) is 0 Å². The summed E-state index contributed by atoms with van der Waals surface area (Å²) in [5, 5.41) is 0. The smallest absolute Gasteiger partial charge is 0.133 e. The zero-order valence-corrected chi connectivity index (χ0v) is 8.52. The number of rotatable bonds is 1. The minimum atomic E-state index is -0.521. The van der Waals surface area contributed by atoms with Crippen LogP contribution in [0.15, 0.2) is 12.1 Å². The molecular formula is C12H12F2O. The number of benzene rings is 1. The molecule has 0 amide bonds. The van der Waals surface area contributed by atoms with E-state index in [1.165, 1.54) is 12.1 Å². The van der Waals surface area contributed by atoms with Gasteiger partial charge in [0.15, 0.2) is 0 Å². The molecule has 15 heavy (non-hydrogen) atoms. The number of carbonyl (C=O) groups excluding carboxylic acids is 1. The summed E-state index contributed by atoms with van der Waals surface area (Å²) >= 11 is 0. The van der Waals surface area contributed by atoms with Gasteiger partial charge in [0.1, 0.15) is 17.4 Å². The molecule has 80 valence electrons. The molecule has 1 aromatic carbocycles. The van der Waals surface area contributed by atoms with E-state index >= 15 is 0 Å². The summed E-state index contributed by atoms with van der Waals surface area (Å²) < 4.78 is 27.1. The molecular weight excluding hydrogens is 198 g/mol. The molecule has 0 N–H and O–H groups in total. The van der Waals surface area contributed by atoms with Gasteiger partial charge in [-0.1, -0.05) is 0 Å². The number of Topliss-reactive ketones (excluding diaryl/α,β-unsaturated/α-hetero) is 1. The molecule has 1 fully saturated rings. The Bertz CT molecular complexity index is 389. The first-order valence-corrected chi connectivity index (χ1v) is 5.05. The molecule has 1 aromatic rings. The van der Waals surface area contributed by atoms with Gasteiger partial charge >= 0.3 is 0 Å². The highest BCUT2D eigenvalue weighted by Gasteiger charge is 2.28. The Morgan fingerprint density at radius 2 is 1.87 bits per heavy atom. The zero-order chi connectivity index (χ0) is 11.0. The van der Waals surface area contributed by atoms with Gasteiger partial charge in [0.05, 0.1) is 0 Å². The minimum Gasteiger partial charge on any atom is -0.300 e. The quantitative estimate of drug-likeness (QED) is 0.696. The van der Waals surface area contributed by atoms with Gasteiger partial charge in [0, 0.05) is 18.4 Å². The Morgan fingerprint density at radius 1 is 1.27 bits per heavy atom. The summed E-state index contributed by atoms with van der Waals surface area (Å²) in [4.78, 5) is 11.1. The van der Waals surface area contributed by atoms with E-state index in [0.717, 1.165) is 0 Å². The number of hydrogen-bond acceptors (Lipinski definition) is 1. The molecule has 1 nitrogen and oxygen atoms in total. The highest BCUT2D eigenvalue weighted by Crippen LogP contribution is 2.35. The van der Waals surface area contributed by atoms with E-state index < -0.39 is 11.6 Å². The van der Waals surface area contributed by atoms with Gasteiger partial charge in [-0.3, -0.25) is 4.79 Å². The maximum atomic E-state index is 13.5. The molecule has 0 saturated heterocycles. The van der Waals surface area contributed by atoms with Crippen LogP contribution in [0.2, 0.25) is 0 Å². The summed E-state index contributed by atoms with van der Waals surface area (Å²) in [5.74, 6) is -1.21.